The van der Waals surface area contributed by atoms with Gasteiger partial charge in [-0.15, -0.1) is 0 Å². The molecule has 0 unspecified atom stereocenters. The van der Waals surface area contributed by atoms with Gasteiger partial charge in [-0.25, -0.2) is 0 Å². The van der Waals surface area contributed by atoms with Gasteiger partial charge >= 0.3 is 0 Å². The summed E-state index contributed by atoms with van der Waals surface area (Å²) < 4.78 is 0. The summed E-state index contributed by atoms with van der Waals surface area (Å²) in [5.41, 5.74) is 13.4. The standard InChI is InChI=1S/C46H35N/c1-32-15-3-6-20-37(32)38-30-29-36(31-33(38)2)39-21-9-10-24-42(39)43-25-11-12-26-46(43)47(44-27-13-18-34-16-4-7-22-40(34)44)45-28-14-19-35-17-5-8-23-41(35)45/h3-31H,1-2H3. The number of anilines is 3. The van der Waals surface area contributed by atoms with Crippen molar-refractivity contribution in [3.05, 3.63) is 187 Å². The van der Waals surface area contributed by atoms with E-state index in [-0.39, 0.29) is 0 Å². The number of rotatable bonds is 6. The lowest BCUT2D eigenvalue weighted by Gasteiger charge is -2.30. The molecular weight excluding hydrogens is 567 g/mol. The quantitative estimate of drug-likeness (QED) is 0.183. The van der Waals surface area contributed by atoms with E-state index in [2.05, 4.69) is 195 Å². The van der Waals surface area contributed by atoms with Gasteiger partial charge in [0.05, 0.1) is 17.1 Å². The van der Waals surface area contributed by atoms with Crippen LogP contribution < -0.4 is 4.90 Å². The van der Waals surface area contributed by atoms with E-state index in [0.29, 0.717) is 0 Å². The normalized spacial score (nSPS) is 11.2. The van der Waals surface area contributed by atoms with Gasteiger partial charge in [-0.2, -0.15) is 0 Å². The van der Waals surface area contributed by atoms with Crippen LogP contribution in [-0.4, -0.2) is 0 Å². The van der Waals surface area contributed by atoms with Crippen molar-refractivity contribution < 1.29 is 0 Å². The zero-order valence-corrected chi connectivity index (χ0v) is 26.7. The van der Waals surface area contributed by atoms with E-state index in [4.69, 9.17) is 0 Å². The van der Waals surface area contributed by atoms with Gasteiger partial charge in [0.25, 0.3) is 0 Å². The average molecular weight is 602 g/mol. The number of para-hydroxylation sites is 1. The smallest absolute Gasteiger partial charge is 0.0540 e. The van der Waals surface area contributed by atoms with Crippen LogP contribution >= 0.6 is 0 Å². The highest BCUT2D eigenvalue weighted by molar-refractivity contribution is 6.07. The second-order valence-electron chi connectivity index (χ2n) is 12.2. The molecule has 1 heteroatoms. The van der Waals surface area contributed by atoms with Gasteiger partial charge in [0.1, 0.15) is 0 Å². The van der Waals surface area contributed by atoms with Gasteiger partial charge in [0.2, 0.25) is 0 Å². The number of benzene rings is 8. The Bertz CT molecular complexity index is 2310. The average Bonchev–Trinajstić information content (AvgIpc) is 3.12. The van der Waals surface area contributed by atoms with Crippen LogP contribution in [0.5, 0.6) is 0 Å². The molecule has 8 aromatic rings. The summed E-state index contributed by atoms with van der Waals surface area (Å²) in [5.74, 6) is 0. The molecule has 0 aliphatic heterocycles. The third-order valence-corrected chi connectivity index (χ3v) is 9.35. The Hall–Kier alpha value is -5.92. The van der Waals surface area contributed by atoms with Gasteiger partial charge in [0, 0.05) is 16.3 Å². The van der Waals surface area contributed by atoms with E-state index in [9.17, 15) is 0 Å². The van der Waals surface area contributed by atoms with Gasteiger partial charge in [-0.05, 0) is 81.8 Å². The van der Waals surface area contributed by atoms with Crippen LogP contribution in [0.1, 0.15) is 11.1 Å². The zero-order valence-electron chi connectivity index (χ0n) is 26.7. The first kappa shape index (κ1) is 28.5. The molecule has 0 spiro atoms. The Labute approximate surface area is 277 Å². The first-order chi connectivity index (χ1) is 23.2. The van der Waals surface area contributed by atoms with Crippen molar-refractivity contribution in [2.24, 2.45) is 0 Å². The SMILES string of the molecule is Cc1ccccc1-c1ccc(-c2ccccc2-c2ccccc2N(c2cccc3ccccc23)c2cccc3ccccc23)cc1C. The van der Waals surface area contributed by atoms with Crippen molar-refractivity contribution in [2.75, 3.05) is 4.90 Å². The molecule has 0 radical (unpaired) electrons. The Balaban J connectivity index is 1.35. The fourth-order valence-electron chi connectivity index (χ4n) is 7.07. The minimum absolute atomic E-state index is 1.14. The molecule has 0 atom stereocenters. The monoisotopic (exact) mass is 601 g/mol. The van der Waals surface area contributed by atoms with E-state index in [1.165, 1.54) is 66.1 Å². The lowest BCUT2D eigenvalue weighted by atomic mass is 9.89. The van der Waals surface area contributed by atoms with Crippen molar-refractivity contribution >= 4 is 38.6 Å². The predicted octanol–water partition coefficient (Wildman–Crippen LogP) is 13.1. The highest BCUT2D eigenvalue weighted by Gasteiger charge is 2.22. The molecule has 47 heavy (non-hydrogen) atoms. The van der Waals surface area contributed by atoms with Crippen molar-refractivity contribution in [3.63, 3.8) is 0 Å². The summed E-state index contributed by atoms with van der Waals surface area (Å²) in [6.45, 7) is 4.41. The van der Waals surface area contributed by atoms with Gasteiger partial charge < -0.3 is 4.90 Å². The highest BCUT2D eigenvalue weighted by Crippen LogP contribution is 2.47. The van der Waals surface area contributed by atoms with Crippen molar-refractivity contribution in [3.8, 4) is 33.4 Å². The van der Waals surface area contributed by atoms with Gasteiger partial charge in [-0.1, -0.05) is 158 Å². The van der Waals surface area contributed by atoms with Crippen LogP contribution in [0, 0.1) is 13.8 Å². The number of nitrogens with zero attached hydrogens (tertiary/aromatic N) is 1. The number of aryl methyl sites for hydroxylation is 2. The molecule has 8 aromatic carbocycles. The number of hydrogen-bond acceptors (Lipinski definition) is 1. The Morgan fingerprint density at radius 2 is 0.787 bits per heavy atom. The molecule has 0 heterocycles. The molecule has 1 nitrogen and oxygen atoms in total. The Morgan fingerprint density at radius 3 is 1.43 bits per heavy atom. The molecule has 0 aliphatic carbocycles. The molecule has 0 saturated heterocycles. The summed E-state index contributed by atoms with van der Waals surface area (Å²) >= 11 is 0. The molecular formula is C46H35N. The molecule has 0 aromatic heterocycles. The first-order valence-corrected chi connectivity index (χ1v) is 16.3. The van der Waals surface area contributed by atoms with Crippen LogP contribution in [0.15, 0.2) is 176 Å². The van der Waals surface area contributed by atoms with Crippen molar-refractivity contribution in [1.29, 1.82) is 0 Å². The Morgan fingerprint density at radius 1 is 0.319 bits per heavy atom. The maximum absolute atomic E-state index is 2.46. The molecule has 0 fully saturated rings. The summed E-state index contributed by atoms with van der Waals surface area (Å²) in [6.07, 6.45) is 0. The van der Waals surface area contributed by atoms with Crippen molar-refractivity contribution in [2.45, 2.75) is 13.8 Å². The molecule has 0 amide bonds. The second-order valence-corrected chi connectivity index (χ2v) is 12.2. The third kappa shape index (κ3) is 5.16. The molecule has 0 saturated carbocycles. The first-order valence-electron chi connectivity index (χ1n) is 16.3. The maximum atomic E-state index is 2.46. The van der Waals surface area contributed by atoms with E-state index in [1.807, 2.05) is 0 Å². The summed E-state index contributed by atoms with van der Waals surface area (Å²) in [4.78, 5) is 2.46. The van der Waals surface area contributed by atoms with Crippen LogP contribution in [-0.2, 0) is 0 Å². The fraction of sp³-hybridized carbons (Fsp3) is 0.0435. The van der Waals surface area contributed by atoms with E-state index in [0.717, 1.165) is 17.1 Å². The predicted molar refractivity (Wildman–Crippen MR) is 202 cm³/mol. The van der Waals surface area contributed by atoms with E-state index < -0.39 is 0 Å². The van der Waals surface area contributed by atoms with Crippen LogP contribution in [0.3, 0.4) is 0 Å². The van der Waals surface area contributed by atoms with E-state index in [1.54, 1.807) is 0 Å². The molecule has 0 bridgehead atoms. The van der Waals surface area contributed by atoms with Gasteiger partial charge in [0.15, 0.2) is 0 Å². The van der Waals surface area contributed by atoms with Crippen LogP contribution in [0.25, 0.3) is 54.9 Å². The lowest BCUT2D eigenvalue weighted by molar-refractivity contribution is 1.31. The number of fused-ring (bicyclic) bond motifs is 2. The molecule has 224 valence electrons. The molecule has 8 rings (SSSR count). The highest BCUT2D eigenvalue weighted by atomic mass is 15.1. The minimum Gasteiger partial charge on any atom is -0.309 e. The minimum atomic E-state index is 1.14. The maximum Gasteiger partial charge on any atom is 0.0540 e. The summed E-state index contributed by atoms with van der Waals surface area (Å²) in [5, 5.41) is 4.87. The third-order valence-electron chi connectivity index (χ3n) is 9.35. The molecule has 0 N–H and O–H groups in total. The fourth-order valence-corrected chi connectivity index (χ4v) is 7.07. The largest absolute Gasteiger partial charge is 0.309 e. The van der Waals surface area contributed by atoms with Crippen molar-refractivity contribution in [1.82, 2.24) is 0 Å². The Kier molecular flexibility index (Phi) is 7.36. The summed E-state index contributed by atoms with van der Waals surface area (Å²) in [7, 11) is 0. The van der Waals surface area contributed by atoms with E-state index >= 15 is 0 Å². The van der Waals surface area contributed by atoms with Gasteiger partial charge in [-0.3, -0.25) is 0 Å². The van der Waals surface area contributed by atoms with Crippen LogP contribution in [0.2, 0.25) is 0 Å². The lowest BCUT2D eigenvalue weighted by Crippen LogP contribution is -2.12. The second kappa shape index (κ2) is 12.1. The number of hydrogen-bond donors (Lipinski definition) is 0. The topological polar surface area (TPSA) is 3.24 Å². The van der Waals surface area contributed by atoms with Crippen LogP contribution in [0.4, 0.5) is 17.1 Å². The molecule has 0 aliphatic rings. The summed E-state index contributed by atoms with van der Waals surface area (Å²) in [6, 6.07) is 63.8. The zero-order chi connectivity index (χ0) is 31.7.